The Kier molecular flexibility index (Phi) is 5.49. The van der Waals surface area contributed by atoms with Gasteiger partial charge in [-0.25, -0.2) is 4.79 Å². The monoisotopic (exact) mass is 360 g/mol. The van der Waals surface area contributed by atoms with E-state index in [-0.39, 0.29) is 5.75 Å². The third-order valence-corrected chi connectivity index (χ3v) is 3.39. The number of rotatable bonds is 5. The van der Waals surface area contributed by atoms with Crippen LogP contribution in [0.2, 0.25) is 0 Å². The molecule has 0 saturated carbocycles. The SMILES string of the molecule is COc1cc(C=O)cc(Br)c1OC(=O)C=Cc1ccccc1. The first-order valence-electron chi connectivity index (χ1n) is 6.41. The second-order valence-electron chi connectivity index (χ2n) is 4.32. The van der Waals surface area contributed by atoms with Gasteiger partial charge in [0.05, 0.1) is 11.6 Å². The van der Waals surface area contributed by atoms with Crippen molar-refractivity contribution in [3.63, 3.8) is 0 Å². The summed E-state index contributed by atoms with van der Waals surface area (Å²) in [6.45, 7) is 0. The fourth-order valence-electron chi connectivity index (χ4n) is 1.77. The Hall–Kier alpha value is -2.40. The zero-order valence-electron chi connectivity index (χ0n) is 11.8. The second-order valence-corrected chi connectivity index (χ2v) is 5.17. The largest absolute Gasteiger partial charge is 0.493 e. The predicted octanol–water partition coefficient (Wildman–Crippen LogP) is 3.89. The lowest BCUT2D eigenvalue weighted by atomic mass is 10.2. The Morgan fingerprint density at radius 1 is 1.14 bits per heavy atom. The molecule has 0 aliphatic carbocycles. The maximum Gasteiger partial charge on any atom is 0.336 e. The summed E-state index contributed by atoms with van der Waals surface area (Å²) < 4.78 is 10.9. The standard InChI is InChI=1S/C17H13BrO4/c1-21-15-10-13(11-19)9-14(18)17(15)22-16(20)8-7-12-5-3-2-4-6-12/h2-11H,1H3. The normalized spacial score (nSPS) is 10.5. The van der Waals surface area contributed by atoms with Crippen molar-refractivity contribution in [3.8, 4) is 11.5 Å². The smallest absolute Gasteiger partial charge is 0.336 e. The number of hydrogen-bond acceptors (Lipinski definition) is 4. The highest BCUT2D eigenvalue weighted by Gasteiger charge is 2.14. The lowest BCUT2D eigenvalue weighted by molar-refractivity contribution is -0.129. The molecule has 0 atom stereocenters. The van der Waals surface area contributed by atoms with E-state index < -0.39 is 5.97 Å². The van der Waals surface area contributed by atoms with E-state index >= 15 is 0 Å². The highest BCUT2D eigenvalue weighted by Crippen LogP contribution is 2.36. The van der Waals surface area contributed by atoms with Crippen molar-refractivity contribution in [1.29, 1.82) is 0 Å². The molecule has 0 N–H and O–H groups in total. The Morgan fingerprint density at radius 2 is 1.86 bits per heavy atom. The van der Waals surface area contributed by atoms with Crippen LogP contribution in [0.25, 0.3) is 6.08 Å². The molecule has 0 unspecified atom stereocenters. The summed E-state index contributed by atoms with van der Waals surface area (Å²) in [4.78, 5) is 22.7. The van der Waals surface area contributed by atoms with Gasteiger partial charge in [-0.15, -0.1) is 0 Å². The van der Waals surface area contributed by atoms with Crippen molar-refractivity contribution >= 4 is 34.3 Å². The Balaban J connectivity index is 2.18. The number of carbonyl (C=O) groups excluding carboxylic acids is 2. The number of hydrogen-bond donors (Lipinski definition) is 0. The zero-order chi connectivity index (χ0) is 15.9. The summed E-state index contributed by atoms with van der Waals surface area (Å²) >= 11 is 3.26. The Labute approximate surface area is 136 Å². The number of ether oxygens (including phenoxy) is 2. The highest BCUT2D eigenvalue weighted by molar-refractivity contribution is 9.10. The van der Waals surface area contributed by atoms with Gasteiger partial charge in [-0.1, -0.05) is 30.3 Å². The van der Waals surface area contributed by atoms with Crippen molar-refractivity contribution in [3.05, 3.63) is 64.1 Å². The molecular weight excluding hydrogens is 348 g/mol. The van der Waals surface area contributed by atoms with E-state index in [1.807, 2.05) is 30.3 Å². The van der Waals surface area contributed by atoms with Gasteiger partial charge in [0.15, 0.2) is 11.5 Å². The van der Waals surface area contributed by atoms with E-state index in [2.05, 4.69) is 15.9 Å². The molecule has 0 aliphatic rings. The van der Waals surface area contributed by atoms with E-state index in [0.717, 1.165) is 5.56 Å². The summed E-state index contributed by atoms with van der Waals surface area (Å²) in [5, 5.41) is 0. The van der Waals surface area contributed by atoms with Crippen molar-refractivity contribution in [2.45, 2.75) is 0 Å². The summed E-state index contributed by atoms with van der Waals surface area (Å²) in [5.41, 5.74) is 1.31. The summed E-state index contributed by atoms with van der Waals surface area (Å²) in [6.07, 6.45) is 3.67. The number of halogens is 1. The fraction of sp³-hybridized carbons (Fsp3) is 0.0588. The van der Waals surface area contributed by atoms with Crippen LogP contribution in [0.5, 0.6) is 11.5 Å². The molecule has 0 fully saturated rings. The van der Waals surface area contributed by atoms with Gasteiger partial charge in [-0.2, -0.15) is 0 Å². The molecule has 0 aromatic heterocycles. The van der Waals surface area contributed by atoms with Crippen LogP contribution in [0.4, 0.5) is 0 Å². The third kappa shape index (κ3) is 4.05. The molecule has 2 aromatic carbocycles. The maximum absolute atomic E-state index is 11.9. The summed E-state index contributed by atoms with van der Waals surface area (Å²) in [6, 6.07) is 12.5. The quantitative estimate of drug-likeness (QED) is 0.351. The first kappa shape index (κ1) is 16.0. The first-order valence-corrected chi connectivity index (χ1v) is 7.21. The Morgan fingerprint density at radius 3 is 2.50 bits per heavy atom. The molecule has 0 bridgehead atoms. The van der Waals surface area contributed by atoms with Crippen LogP contribution in [0.3, 0.4) is 0 Å². The van der Waals surface area contributed by atoms with Crippen LogP contribution in [0, 0.1) is 0 Å². The van der Waals surface area contributed by atoms with Gasteiger partial charge >= 0.3 is 5.97 Å². The number of methoxy groups -OCH3 is 1. The molecular formula is C17H13BrO4. The lowest BCUT2D eigenvalue weighted by Gasteiger charge is -2.10. The molecule has 112 valence electrons. The van der Waals surface area contributed by atoms with Gasteiger partial charge in [0.25, 0.3) is 0 Å². The average Bonchev–Trinajstić information content (AvgIpc) is 2.55. The third-order valence-electron chi connectivity index (χ3n) is 2.80. The summed E-state index contributed by atoms with van der Waals surface area (Å²) in [7, 11) is 1.44. The molecule has 22 heavy (non-hydrogen) atoms. The van der Waals surface area contributed by atoms with E-state index in [0.29, 0.717) is 22.1 Å². The minimum atomic E-state index is -0.540. The molecule has 0 heterocycles. The van der Waals surface area contributed by atoms with Crippen molar-refractivity contribution < 1.29 is 19.1 Å². The van der Waals surface area contributed by atoms with Crippen LogP contribution >= 0.6 is 15.9 Å². The van der Waals surface area contributed by atoms with E-state index in [1.54, 1.807) is 12.1 Å². The Bertz CT molecular complexity index is 708. The molecule has 0 spiro atoms. The van der Waals surface area contributed by atoms with Crippen LogP contribution < -0.4 is 9.47 Å². The fourth-order valence-corrected chi connectivity index (χ4v) is 2.31. The van der Waals surface area contributed by atoms with Crippen molar-refractivity contribution in [2.24, 2.45) is 0 Å². The van der Waals surface area contributed by atoms with Crippen LogP contribution in [0.1, 0.15) is 15.9 Å². The van der Waals surface area contributed by atoms with E-state index in [4.69, 9.17) is 9.47 Å². The number of carbonyl (C=O) groups is 2. The van der Waals surface area contributed by atoms with Crippen LogP contribution in [0.15, 0.2) is 53.0 Å². The predicted molar refractivity (Wildman–Crippen MR) is 87.2 cm³/mol. The van der Waals surface area contributed by atoms with Crippen LogP contribution in [-0.4, -0.2) is 19.4 Å². The van der Waals surface area contributed by atoms with Gasteiger partial charge < -0.3 is 9.47 Å². The highest BCUT2D eigenvalue weighted by atomic mass is 79.9. The lowest BCUT2D eigenvalue weighted by Crippen LogP contribution is -2.06. The summed E-state index contributed by atoms with van der Waals surface area (Å²) in [5.74, 6) is -0.00421. The topological polar surface area (TPSA) is 52.6 Å². The van der Waals surface area contributed by atoms with E-state index in [1.165, 1.54) is 19.3 Å². The minimum Gasteiger partial charge on any atom is -0.493 e. The van der Waals surface area contributed by atoms with Crippen molar-refractivity contribution in [2.75, 3.05) is 7.11 Å². The molecule has 5 heteroatoms. The molecule has 2 aromatic rings. The molecule has 4 nitrogen and oxygen atoms in total. The van der Waals surface area contributed by atoms with Gasteiger partial charge in [-0.05, 0) is 39.7 Å². The van der Waals surface area contributed by atoms with Gasteiger partial charge in [0.1, 0.15) is 6.29 Å². The average molecular weight is 361 g/mol. The molecule has 0 saturated heterocycles. The number of esters is 1. The van der Waals surface area contributed by atoms with E-state index in [9.17, 15) is 9.59 Å². The zero-order valence-corrected chi connectivity index (χ0v) is 13.4. The molecule has 2 rings (SSSR count). The molecule has 0 aliphatic heterocycles. The molecule has 0 radical (unpaired) electrons. The van der Waals surface area contributed by atoms with Crippen LogP contribution in [-0.2, 0) is 4.79 Å². The van der Waals surface area contributed by atoms with Gasteiger partial charge in [0, 0.05) is 11.6 Å². The number of aldehydes is 1. The van der Waals surface area contributed by atoms with Crippen molar-refractivity contribution in [1.82, 2.24) is 0 Å². The van der Waals surface area contributed by atoms with Gasteiger partial charge in [-0.3, -0.25) is 4.79 Å². The second kappa shape index (κ2) is 7.56. The minimum absolute atomic E-state index is 0.232. The maximum atomic E-state index is 11.9. The molecule has 0 amide bonds. The van der Waals surface area contributed by atoms with Gasteiger partial charge in [0.2, 0.25) is 0 Å². The first-order chi connectivity index (χ1) is 10.6. The number of benzene rings is 2.